The first-order chi connectivity index (χ1) is 8.01. The van der Waals surface area contributed by atoms with Gasteiger partial charge in [-0.25, -0.2) is 13.8 Å². The van der Waals surface area contributed by atoms with Crippen LogP contribution in [0.15, 0.2) is 6.20 Å². The highest BCUT2D eigenvalue weighted by Gasteiger charge is 2.22. The molecule has 0 bridgehead atoms. The van der Waals surface area contributed by atoms with Crippen LogP contribution in [0, 0.1) is 0 Å². The van der Waals surface area contributed by atoms with Crippen molar-refractivity contribution in [3.05, 3.63) is 22.9 Å². The Morgan fingerprint density at radius 1 is 1.65 bits per heavy atom. The Labute approximate surface area is 96.2 Å². The molecule has 3 N–H and O–H groups in total. The summed E-state index contributed by atoms with van der Waals surface area (Å²) >= 11 is 0. The fourth-order valence-electron chi connectivity index (χ4n) is 1.54. The van der Waals surface area contributed by atoms with Crippen LogP contribution in [0.25, 0.3) is 0 Å². The van der Waals surface area contributed by atoms with Crippen molar-refractivity contribution in [2.24, 2.45) is 5.73 Å². The second-order valence-corrected chi connectivity index (χ2v) is 3.26. The number of carbonyl (C=O) groups is 1. The predicted octanol–water partition coefficient (Wildman–Crippen LogP) is 1.11. The molecule has 0 aliphatic carbocycles. The van der Waals surface area contributed by atoms with Crippen LogP contribution >= 0.6 is 0 Å². The number of nitrogens with two attached hydrogens (primary N) is 1. The molecule has 17 heavy (non-hydrogen) atoms. The van der Waals surface area contributed by atoms with Crippen LogP contribution in [0.2, 0.25) is 0 Å². The SMILES string of the molecule is COc1ncc(CC(=O)O)c(C(F)F)c1CN. The number of carboxylic acids is 1. The zero-order valence-electron chi connectivity index (χ0n) is 9.11. The van der Waals surface area contributed by atoms with Gasteiger partial charge in [0.05, 0.1) is 13.5 Å². The van der Waals surface area contributed by atoms with Gasteiger partial charge in [-0.05, 0) is 5.56 Å². The van der Waals surface area contributed by atoms with Crippen LogP contribution < -0.4 is 10.5 Å². The molecular weight excluding hydrogens is 234 g/mol. The molecule has 0 saturated heterocycles. The lowest BCUT2D eigenvalue weighted by atomic mass is 10.0. The molecule has 1 aromatic heterocycles. The van der Waals surface area contributed by atoms with E-state index in [2.05, 4.69) is 4.98 Å². The van der Waals surface area contributed by atoms with Gasteiger partial charge in [0.2, 0.25) is 5.88 Å². The smallest absolute Gasteiger partial charge is 0.307 e. The van der Waals surface area contributed by atoms with Crippen LogP contribution in [0.5, 0.6) is 5.88 Å². The molecule has 0 amide bonds. The van der Waals surface area contributed by atoms with Crippen LogP contribution in [0.1, 0.15) is 23.1 Å². The van der Waals surface area contributed by atoms with E-state index in [4.69, 9.17) is 15.6 Å². The molecule has 0 aromatic carbocycles. The number of rotatable bonds is 5. The Morgan fingerprint density at radius 2 is 2.29 bits per heavy atom. The van der Waals surface area contributed by atoms with Gasteiger partial charge >= 0.3 is 5.97 Å². The van der Waals surface area contributed by atoms with Crippen molar-refractivity contribution in [2.45, 2.75) is 19.4 Å². The topological polar surface area (TPSA) is 85.4 Å². The Bertz CT molecular complexity index is 424. The summed E-state index contributed by atoms with van der Waals surface area (Å²) in [5.74, 6) is -1.21. The Balaban J connectivity index is 3.36. The minimum Gasteiger partial charge on any atom is -0.481 e. The number of hydrogen-bond acceptors (Lipinski definition) is 4. The summed E-state index contributed by atoms with van der Waals surface area (Å²) in [5, 5.41) is 8.63. The number of aliphatic carboxylic acids is 1. The maximum atomic E-state index is 12.9. The van der Waals surface area contributed by atoms with Crippen molar-refractivity contribution in [2.75, 3.05) is 7.11 Å². The van der Waals surface area contributed by atoms with Crippen LogP contribution in [0.4, 0.5) is 8.78 Å². The highest BCUT2D eigenvalue weighted by molar-refractivity contribution is 5.71. The summed E-state index contributed by atoms with van der Waals surface area (Å²) in [6.45, 7) is -0.191. The lowest BCUT2D eigenvalue weighted by molar-refractivity contribution is -0.136. The van der Waals surface area contributed by atoms with Crippen molar-refractivity contribution in [3.63, 3.8) is 0 Å². The molecule has 1 rings (SSSR count). The number of methoxy groups -OCH3 is 1. The van der Waals surface area contributed by atoms with Crippen molar-refractivity contribution in [1.29, 1.82) is 0 Å². The summed E-state index contributed by atoms with van der Waals surface area (Å²) in [7, 11) is 1.29. The number of nitrogens with zero attached hydrogens (tertiary/aromatic N) is 1. The van der Waals surface area contributed by atoms with E-state index < -0.39 is 24.4 Å². The van der Waals surface area contributed by atoms with Gasteiger partial charge in [-0.3, -0.25) is 4.79 Å². The lowest BCUT2D eigenvalue weighted by Crippen LogP contribution is -2.12. The Morgan fingerprint density at radius 3 is 2.71 bits per heavy atom. The lowest BCUT2D eigenvalue weighted by Gasteiger charge is -2.14. The van der Waals surface area contributed by atoms with Crippen molar-refractivity contribution in [1.82, 2.24) is 4.98 Å². The molecular formula is C10H12F2N2O3. The number of aromatic nitrogens is 1. The van der Waals surface area contributed by atoms with E-state index in [0.29, 0.717) is 0 Å². The van der Waals surface area contributed by atoms with Gasteiger partial charge in [0.1, 0.15) is 0 Å². The van der Waals surface area contributed by atoms with Gasteiger partial charge < -0.3 is 15.6 Å². The van der Waals surface area contributed by atoms with Crippen molar-refractivity contribution in [3.8, 4) is 5.88 Å². The Hall–Kier alpha value is -1.76. The molecule has 0 saturated carbocycles. The molecule has 5 nitrogen and oxygen atoms in total. The number of pyridine rings is 1. The van der Waals surface area contributed by atoms with Crippen LogP contribution in [0.3, 0.4) is 0 Å². The minimum absolute atomic E-state index is 0.00283. The van der Waals surface area contributed by atoms with Crippen molar-refractivity contribution >= 4 is 5.97 Å². The number of carboxylic acid groups (broad SMARTS) is 1. The van der Waals surface area contributed by atoms with E-state index in [1.54, 1.807) is 0 Å². The molecule has 0 aliphatic rings. The van der Waals surface area contributed by atoms with Gasteiger partial charge in [-0.2, -0.15) is 0 Å². The quantitative estimate of drug-likeness (QED) is 0.812. The van der Waals surface area contributed by atoms with E-state index in [1.165, 1.54) is 7.11 Å². The monoisotopic (exact) mass is 246 g/mol. The maximum Gasteiger partial charge on any atom is 0.307 e. The van der Waals surface area contributed by atoms with Gasteiger partial charge in [-0.1, -0.05) is 0 Å². The van der Waals surface area contributed by atoms with Gasteiger partial charge in [-0.15, -0.1) is 0 Å². The largest absolute Gasteiger partial charge is 0.481 e. The second-order valence-electron chi connectivity index (χ2n) is 3.26. The summed E-state index contributed by atoms with van der Waals surface area (Å²) in [5.41, 5.74) is 4.96. The molecule has 0 aliphatic heterocycles. The number of hydrogen-bond donors (Lipinski definition) is 2. The average Bonchev–Trinajstić information content (AvgIpc) is 2.26. The molecule has 0 fully saturated rings. The number of ether oxygens (including phenoxy) is 1. The zero-order valence-corrected chi connectivity index (χ0v) is 9.11. The van der Waals surface area contributed by atoms with E-state index in [1.807, 2.05) is 0 Å². The zero-order chi connectivity index (χ0) is 13.0. The van der Waals surface area contributed by atoms with Crippen molar-refractivity contribution < 1.29 is 23.4 Å². The standard InChI is InChI=1S/C10H12F2N2O3/c1-17-10-6(3-13)8(9(11)12)5(4-14-10)2-7(15)16/h4,9H,2-3,13H2,1H3,(H,15,16). The normalized spacial score (nSPS) is 10.6. The first kappa shape index (κ1) is 13.3. The number of halogens is 2. The van der Waals surface area contributed by atoms with E-state index >= 15 is 0 Å². The van der Waals surface area contributed by atoms with E-state index in [9.17, 15) is 13.6 Å². The second kappa shape index (κ2) is 5.53. The first-order valence-electron chi connectivity index (χ1n) is 4.75. The average molecular weight is 246 g/mol. The number of alkyl halides is 2. The van der Waals surface area contributed by atoms with Gasteiger partial charge in [0, 0.05) is 23.9 Å². The molecule has 0 spiro atoms. The third-order valence-corrected chi connectivity index (χ3v) is 2.22. The highest BCUT2D eigenvalue weighted by atomic mass is 19.3. The fraction of sp³-hybridized carbons (Fsp3) is 0.400. The highest BCUT2D eigenvalue weighted by Crippen LogP contribution is 2.31. The molecule has 1 heterocycles. The van der Waals surface area contributed by atoms with Gasteiger partial charge in [0.25, 0.3) is 6.43 Å². The third-order valence-electron chi connectivity index (χ3n) is 2.22. The van der Waals surface area contributed by atoms with Gasteiger partial charge in [0.15, 0.2) is 0 Å². The third kappa shape index (κ3) is 2.88. The van der Waals surface area contributed by atoms with E-state index in [0.717, 1.165) is 6.20 Å². The predicted molar refractivity (Wildman–Crippen MR) is 55.0 cm³/mol. The maximum absolute atomic E-state index is 12.9. The minimum atomic E-state index is -2.82. The molecule has 94 valence electrons. The summed E-state index contributed by atoms with van der Waals surface area (Å²) in [6, 6.07) is 0. The first-order valence-corrected chi connectivity index (χ1v) is 4.75. The molecule has 0 atom stereocenters. The molecule has 7 heteroatoms. The van der Waals surface area contributed by atoms with Crippen LogP contribution in [-0.4, -0.2) is 23.2 Å². The summed E-state index contributed by atoms with van der Waals surface area (Å²) in [4.78, 5) is 14.3. The van der Waals surface area contributed by atoms with E-state index in [-0.39, 0.29) is 23.6 Å². The Kier molecular flexibility index (Phi) is 4.33. The summed E-state index contributed by atoms with van der Waals surface area (Å²) in [6.07, 6.45) is -2.27. The molecule has 1 aromatic rings. The fourth-order valence-corrected chi connectivity index (χ4v) is 1.54. The summed E-state index contributed by atoms with van der Waals surface area (Å²) < 4.78 is 30.6. The molecule has 0 radical (unpaired) electrons. The molecule has 0 unspecified atom stereocenters. The van der Waals surface area contributed by atoms with Crippen LogP contribution in [-0.2, 0) is 17.8 Å².